The van der Waals surface area contributed by atoms with Crippen molar-refractivity contribution in [1.82, 2.24) is 0 Å². The van der Waals surface area contributed by atoms with Crippen molar-refractivity contribution in [3.63, 3.8) is 0 Å². The van der Waals surface area contributed by atoms with E-state index in [4.69, 9.17) is 9.47 Å². The van der Waals surface area contributed by atoms with Crippen molar-refractivity contribution < 1.29 is 45.4 Å². The van der Waals surface area contributed by atoms with E-state index in [-0.39, 0.29) is 43.2 Å². The van der Waals surface area contributed by atoms with Gasteiger partial charge < -0.3 is 19.7 Å². The van der Waals surface area contributed by atoms with Gasteiger partial charge in [0.2, 0.25) is 0 Å². The Morgan fingerprint density at radius 3 is 2.29 bits per heavy atom. The van der Waals surface area contributed by atoms with Crippen molar-refractivity contribution in [2.75, 3.05) is 30.0 Å². The first-order chi connectivity index (χ1) is 17.8. The maximum absolute atomic E-state index is 13.1. The summed E-state index contributed by atoms with van der Waals surface area (Å²) in [6.45, 7) is 1.95. The molecule has 1 aliphatic heterocycles. The number of aryl methyl sites for hydroxylation is 1. The lowest BCUT2D eigenvalue weighted by molar-refractivity contribution is -0.143. The van der Waals surface area contributed by atoms with Crippen LogP contribution < -0.4 is 19.7 Å². The molecule has 0 aromatic heterocycles. The van der Waals surface area contributed by atoms with Crippen molar-refractivity contribution in [3.8, 4) is 11.5 Å². The van der Waals surface area contributed by atoms with Crippen molar-refractivity contribution in [2.45, 2.75) is 19.3 Å². The third-order valence-corrected chi connectivity index (χ3v) is 5.58. The molecule has 0 spiro atoms. The maximum Gasteiger partial charge on any atom is 0.416 e. The Bertz CT molecular complexity index is 1340. The second kappa shape index (κ2) is 10.3. The monoisotopic (exact) mass is 538 g/mol. The van der Waals surface area contributed by atoms with Crippen LogP contribution in [0.4, 0.5) is 37.7 Å². The molecule has 12 heteroatoms. The van der Waals surface area contributed by atoms with E-state index in [0.29, 0.717) is 23.6 Å². The van der Waals surface area contributed by atoms with Crippen LogP contribution in [-0.2, 0) is 17.1 Å². The first-order valence-electron chi connectivity index (χ1n) is 11.2. The number of amides is 2. The van der Waals surface area contributed by atoms with Crippen molar-refractivity contribution in [2.24, 2.45) is 0 Å². The molecule has 1 N–H and O–H groups in total. The molecule has 6 nitrogen and oxygen atoms in total. The first kappa shape index (κ1) is 26.8. The smallest absolute Gasteiger partial charge is 0.416 e. The van der Waals surface area contributed by atoms with Gasteiger partial charge in [-0.15, -0.1) is 0 Å². The molecule has 1 aliphatic rings. The summed E-state index contributed by atoms with van der Waals surface area (Å²) in [6, 6.07) is 12.1. The largest absolute Gasteiger partial charge is 0.492 e. The number of hydrogen-bond donors (Lipinski definition) is 1. The van der Waals surface area contributed by atoms with E-state index in [9.17, 15) is 35.9 Å². The van der Waals surface area contributed by atoms with Gasteiger partial charge in [0.25, 0.3) is 11.8 Å². The molecule has 38 heavy (non-hydrogen) atoms. The Balaban J connectivity index is 1.51. The summed E-state index contributed by atoms with van der Waals surface area (Å²) in [5.74, 6) is -0.701. The van der Waals surface area contributed by atoms with E-state index < -0.39 is 35.0 Å². The molecular formula is C26H20F6N2O4. The highest BCUT2D eigenvalue weighted by Gasteiger charge is 2.37. The van der Waals surface area contributed by atoms with Crippen LogP contribution in [-0.4, -0.2) is 31.6 Å². The molecule has 0 atom stereocenters. The Morgan fingerprint density at radius 1 is 0.974 bits per heavy atom. The zero-order valence-corrected chi connectivity index (χ0v) is 19.7. The molecule has 0 bridgehead atoms. The van der Waals surface area contributed by atoms with Gasteiger partial charge in [-0.1, -0.05) is 12.1 Å². The lowest BCUT2D eigenvalue weighted by atomic mass is 10.0. The lowest BCUT2D eigenvalue weighted by Crippen LogP contribution is -2.41. The summed E-state index contributed by atoms with van der Waals surface area (Å²) in [6.07, 6.45) is -10.2. The van der Waals surface area contributed by atoms with E-state index in [2.05, 4.69) is 5.32 Å². The highest BCUT2D eigenvalue weighted by Crippen LogP contribution is 2.37. The molecule has 0 aliphatic carbocycles. The van der Waals surface area contributed by atoms with E-state index in [0.717, 1.165) is 5.56 Å². The van der Waals surface area contributed by atoms with Crippen LogP contribution in [0.3, 0.4) is 0 Å². The van der Waals surface area contributed by atoms with Gasteiger partial charge >= 0.3 is 12.4 Å². The van der Waals surface area contributed by atoms with Gasteiger partial charge in [0.1, 0.15) is 18.1 Å². The average Bonchev–Trinajstić information content (AvgIpc) is 2.84. The molecule has 4 rings (SSSR count). The molecule has 1 heterocycles. The fourth-order valence-electron chi connectivity index (χ4n) is 3.78. The Hall–Kier alpha value is -4.22. The third kappa shape index (κ3) is 6.18. The van der Waals surface area contributed by atoms with Crippen LogP contribution >= 0.6 is 0 Å². The van der Waals surface area contributed by atoms with E-state index >= 15 is 0 Å². The zero-order valence-electron chi connectivity index (χ0n) is 19.7. The number of fused-ring (bicyclic) bond motifs is 1. The molecule has 0 saturated heterocycles. The van der Waals surface area contributed by atoms with Crippen LogP contribution in [0.1, 0.15) is 27.0 Å². The Kier molecular flexibility index (Phi) is 7.25. The minimum absolute atomic E-state index is 0.0463. The molecule has 0 saturated carbocycles. The normalized spacial score (nSPS) is 13.6. The molecular weight excluding hydrogens is 518 g/mol. The minimum Gasteiger partial charge on any atom is -0.492 e. The highest BCUT2D eigenvalue weighted by atomic mass is 19.4. The molecule has 200 valence electrons. The second-order valence-electron chi connectivity index (χ2n) is 8.43. The summed E-state index contributed by atoms with van der Waals surface area (Å²) >= 11 is 0. The molecule has 3 aromatic carbocycles. The predicted molar refractivity (Wildman–Crippen MR) is 125 cm³/mol. The number of carbonyl (C=O) groups is 2. The number of anilines is 2. The second-order valence-corrected chi connectivity index (χ2v) is 8.43. The van der Waals surface area contributed by atoms with Gasteiger partial charge in [-0.3, -0.25) is 9.59 Å². The molecule has 0 fully saturated rings. The minimum atomic E-state index is -5.09. The van der Waals surface area contributed by atoms with Crippen LogP contribution in [0.15, 0.2) is 60.7 Å². The number of rotatable bonds is 6. The number of benzene rings is 3. The summed E-state index contributed by atoms with van der Waals surface area (Å²) in [5, 5.41) is 2.28. The van der Waals surface area contributed by atoms with Gasteiger partial charge in [0.05, 0.1) is 23.4 Å². The average molecular weight is 538 g/mol. The fraction of sp³-hybridized carbons (Fsp3) is 0.231. The molecule has 2 amide bonds. The molecule has 3 aromatic rings. The fourth-order valence-corrected chi connectivity index (χ4v) is 3.78. The van der Waals surface area contributed by atoms with Gasteiger partial charge in [0, 0.05) is 17.3 Å². The van der Waals surface area contributed by atoms with Crippen LogP contribution in [0.25, 0.3) is 0 Å². The van der Waals surface area contributed by atoms with Gasteiger partial charge in [-0.25, -0.2) is 0 Å². The van der Waals surface area contributed by atoms with Crippen LogP contribution in [0.2, 0.25) is 0 Å². The lowest BCUT2D eigenvalue weighted by Gasteiger charge is -2.29. The summed E-state index contributed by atoms with van der Waals surface area (Å²) in [7, 11) is 0. The maximum atomic E-state index is 13.1. The first-order valence-corrected chi connectivity index (χ1v) is 11.2. The van der Waals surface area contributed by atoms with Crippen LogP contribution in [0.5, 0.6) is 11.5 Å². The van der Waals surface area contributed by atoms with Gasteiger partial charge in [-0.2, -0.15) is 26.3 Å². The molecule has 0 unspecified atom stereocenters. The number of nitrogens with zero attached hydrogens (tertiary/aromatic N) is 1. The SMILES string of the molecule is Cc1cccc(OCCN2C(=O)COc3cc(NC(=O)c4cc(C(F)(F)F)cc(C(F)(F)F)c4)ccc32)c1. The zero-order chi connectivity index (χ0) is 27.7. The van der Waals surface area contributed by atoms with Crippen molar-refractivity contribution in [3.05, 3.63) is 82.9 Å². The quantitative estimate of drug-likeness (QED) is 0.386. The number of ether oxygens (including phenoxy) is 2. The number of alkyl halides is 6. The Morgan fingerprint density at radius 2 is 1.66 bits per heavy atom. The van der Waals surface area contributed by atoms with Gasteiger partial charge in [-0.05, 0) is 55.0 Å². The third-order valence-electron chi connectivity index (χ3n) is 5.58. The number of carbonyl (C=O) groups excluding carboxylic acids is 2. The number of hydrogen-bond acceptors (Lipinski definition) is 4. The standard InChI is InChI=1S/C26H20F6N2O4/c1-15-3-2-4-20(9-15)37-8-7-34-21-6-5-19(13-22(21)38-14-23(34)35)33-24(36)16-10-17(25(27,28)29)12-18(11-16)26(30,31)32/h2-6,9-13H,7-8,14H2,1H3,(H,33,36). The number of halogens is 6. The highest BCUT2D eigenvalue weighted by molar-refractivity contribution is 6.05. The van der Waals surface area contributed by atoms with E-state index in [1.165, 1.54) is 23.1 Å². The van der Waals surface area contributed by atoms with Crippen molar-refractivity contribution >= 4 is 23.2 Å². The summed E-state index contributed by atoms with van der Waals surface area (Å²) < 4.78 is 89.9. The number of nitrogens with one attached hydrogen (secondary N) is 1. The van der Waals surface area contributed by atoms with Gasteiger partial charge in [0.15, 0.2) is 6.61 Å². The summed E-state index contributed by atoms with van der Waals surface area (Å²) in [5.41, 5.74) is -2.61. The van der Waals surface area contributed by atoms with Crippen molar-refractivity contribution in [1.29, 1.82) is 0 Å². The topological polar surface area (TPSA) is 67.9 Å². The summed E-state index contributed by atoms with van der Waals surface area (Å²) in [4.78, 5) is 26.4. The molecule has 0 radical (unpaired) electrons. The van der Waals surface area contributed by atoms with E-state index in [1.807, 2.05) is 25.1 Å². The Labute approximate surface area is 212 Å². The van der Waals surface area contributed by atoms with Crippen LogP contribution in [0, 0.1) is 6.92 Å². The van der Waals surface area contributed by atoms with E-state index in [1.54, 1.807) is 6.07 Å². The predicted octanol–water partition coefficient (Wildman–Crippen LogP) is 6.09.